The molecular weight excluding hydrogens is 358 g/mol. The van der Waals surface area contributed by atoms with E-state index in [-0.39, 0.29) is 0 Å². The third kappa shape index (κ3) is 5.09. The zero-order valence-corrected chi connectivity index (χ0v) is 17.2. The van der Waals surface area contributed by atoms with Gasteiger partial charge in [-0.1, -0.05) is 42.5 Å². The summed E-state index contributed by atoms with van der Waals surface area (Å²) in [5, 5.41) is 0. The van der Waals surface area contributed by atoms with Crippen LogP contribution in [-0.4, -0.2) is 57.1 Å². The number of anilines is 1. The Morgan fingerprint density at radius 2 is 1.67 bits per heavy atom. The highest BCUT2D eigenvalue weighted by molar-refractivity contribution is 7.88. The molecule has 1 unspecified atom stereocenters. The second kappa shape index (κ2) is 8.42. The molecule has 5 nitrogen and oxygen atoms in total. The fourth-order valence-electron chi connectivity index (χ4n) is 3.54. The largest absolute Gasteiger partial charge is 0.369 e. The first kappa shape index (κ1) is 19.9. The molecule has 6 heteroatoms. The summed E-state index contributed by atoms with van der Waals surface area (Å²) in [6.07, 6.45) is 1.24. The average molecular weight is 388 g/mol. The van der Waals surface area contributed by atoms with Gasteiger partial charge in [0, 0.05) is 51.5 Å². The molecule has 27 heavy (non-hydrogen) atoms. The van der Waals surface area contributed by atoms with Crippen molar-refractivity contribution >= 4 is 15.7 Å². The second-order valence-corrected chi connectivity index (χ2v) is 9.39. The Balaban J connectivity index is 1.62. The summed E-state index contributed by atoms with van der Waals surface area (Å²) in [6, 6.07) is 19.3. The number of sulfonamides is 1. The number of nitrogens with zero attached hydrogens (tertiary/aromatic N) is 3. The van der Waals surface area contributed by atoms with E-state index in [1.165, 1.54) is 21.8 Å². The Hall–Kier alpha value is -1.89. The van der Waals surface area contributed by atoms with E-state index in [1.54, 1.807) is 7.05 Å². The first-order valence-corrected chi connectivity index (χ1v) is 11.2. The van der Waals surface area contributed by atoms with E-state index >= 15 is 0 Å². The monoisotopic (exact) mass is 387 g/mol. The van der Waals surface area contributed by atoms with E-state index in [0.29, 0.717) is 12.6 Å². The quantitative estimate of drug-likeness (QED) is 0.764. The summed E-state index contributed by atoms with van der Waals surface area (Å²) < 4.78 is 24.7. The van der Waals surface area contributed by atoms with Crippen LogP contribution in [0.1, 0.15) is 24.1 Å². The minimum Gasteiger partial charge on any atom is -0.369 e. The van der Waals surface area contributed by atoms with Crippen molar-refractivity contribution in [2.24, 2.45) is 0 Å². The van der Waals surface area contributed by atoms with Crippen LogP contribution in [0.25, 0.3) is 0 Å². The standard InChI is InChI=1S/C21H29N3O2S/c1-18(20-9-5-4-6-10-20)23-12-14-24(15-13-23)21-11-7-8-19(16-21)17-22(2)27(3,25)26/h4-11,16,18H,12-15,17H2,1-3H3. The van der Waals surface area contributed by atoms with Crippen molar-refractivity contribution < 1.29 is 8.42 Å². The van der Waals surface area contributed by atoms with Gasteiger partial charge in [0.05, 0.1) is 6.26 Å². The van der Waals surface area contributed by atoms with Gasteiger partial charge < -0.3 is 4.90 Å². The molecule has 0 aliphatic carbocycles. The second-order valence-electron chi connectivity index (χ2n) is 7.30. The van der Waals surface area contributed by atoms with Crippen LogP contribution >= 0.6 is 0 Å². The molecule has 1 heterocycles. The highest BCUT2D eigenvalue weighted by atomic mass is 32.2. The van der Waals surface area contributed by atoms with Crippen LogP contribution in [0.2, 0.25) is 0 Å². The number of benzene rings is 2. The molecule has 1 fully saturated rings. The first-order chi connectivity index (χ1) is 12.8. The van der Waals surface area contributed by atoms with Gasteiger partial charge in [-0.25, -0.2) is 12.7 Å². The Kier molecular flexibility index (Phi) is 6.19. The lowest BCUT2D eigenvalue weighted by Gasteiger charge is -2.39. The van der Waals surface area contributed by atoms with Gasteiger partial charge in [-0.05, 0) is 30.2 Å². The summed E-state index contributed by atoms with van der Waals surface area (Å²) in [6.45, 7) is 6.66. The predicted molar refractivity (Wildman–Crippen MR) is 111 cm³/mol. The number of hydrogen-bond acceptors (Lipinski definition) is 4. The van der Waals surface area contributed by atoms with Crippen molar-refractivity contribution in [2.45, 2.75) is 19.5 Å². The molecule has 2 aromatic rings. The molecule has 0 amide bonds. The molecular formula is C21H29N3O2S. The number of rotatable bonds is 6. The van der Waals surface area contributed by atoms with Crippen LogP contribution in [0.4, 0.5) is 5.69 Å². The summed E-state index contributed by atoms with van der Waals surface area (Å²) in [5.74, 6) is 0. The number of piperazine rings is 1. The third-order valence-electron chi connectivity index (χ3n) is 5.39. The maximum atomic E-state index is 11.6. The van der Waals surface area contributed by atoms with Gasteiger partial charge in [0.1, 0.15) is 0 Å². The van der Waals surface area contributed by atoms with Crippen LogP contribution in [0.15, 0.2) is 54.6 Å². The lowest BCUT2D eigenvalue weighted by atomic mass is 10.1. The van der Waals surface area contributed by atoms with Crippen LogP contribution in [0, 0.1) is 0 Å². The van der Waals surface area contributed by atoms with Crippen LogP contribution in [0.5, 0.6) is 0 Å². The van der Waals surface area contributed by atoms with E-state index in [4.69, 9.17) is 0 Å². The summed E-state index contributed by atoms with van der Waals surface area (Å²) in [5.41, 5.74) is 3.54. The zero-order valence-electron chi connectivity index (χ0n) is 16.4. The van der Waals surface area contributed by atoms with Gasteiger partial charge in [-0.3, -0.25) is 4.90 Å². The minimum absolute atomic E-state index is 0.400. The van der Waals surface area contributed by atoms with Crippen molar-refractivity contribution in [1.82, 2.24) is 9.21 Å². The van der Waals surface area contributed by atoms with E-state index in [2.05, 4.69) is 59.2 Å². The Morgan fingerprint density at radius 3 is 2.30 bits per heavy atom. The lowest BCUT2D eigenvalue weighted by Crippen LogP contribution is -2.47. The van der Waals surface area contributed by atoms with Crippen molar-refractivity contribution in [2.75, 3.05) is 44.4 Å². The molecule has 146 valence electrons. The SMILES string of the molecule is CC(c1ccccc1)N1CCN(c2cccc(CN(C)S(C)(=O)=O)c2)CC1. The average Bonchev–Trinajstić information content (AvgIpc) is 2.68. The van der Waals surface area contributed by atoms with Crippen LogP contribution < -0.4 is 4.90 Å². The van der Waals surface area contributed by atoms with Gasteiger partial charge in [-0.15, -0.1) is 0 Å². The molecule has 0 N–H and O–H groups in total. The first-order valence-electron chi connectivity index (χ1n) is 9.39. The lowest BCUT2D eigenvalue weighted by molar-refractivity contribution is 0.198. The molecule has 1 atom stereocenters. The van der Waals surface area contributed by atoms with Gasteiger partial charge in [0.25, 0.3) is 0 Å². The topological polar surface area (TPSA) is 43.9 Å². The fourth-order valence-corrected chi connectivity index (χ4v) is 3.92. The fraction of sp³-hybridized carbons (Fsp3) is 0.429. The molecule has 0 spiro atoms. The van der Waals surface area contributed by atoms with E-state index in [1.807, 2.05) is 12.1 Å². The van der Waals surface area contributed by atoms with E-state index in [0.717, 1.165) is 31.7 Å². The van der Waals surface area contributed by atoms with Gasteiger partial charge in [-0.2, -0.15) is 0 Å². The number of hydrogen-bond donors (Lipinski definition) is 0. The Labute approximate surface area is 163 Å². The predicted octanol–water partition coefficient (Wildman–Crippen LogP) is 2.96. The molecule has 0 bridgehead atoms. The maximum absolute atomic E-state index is 11.6. The molecule has 1 aliphatic rings. The van der Waals surface area contributed by atoms with Crippen molar-refractivity contribution in [3.05, 3.63) is 65.7 Å². The third-order valence-corrected chi connectivity index (χ3v) is 6.65. The van der Waals surface area contributed by atoms with Crippen molar-refractivity contribution in [1.29, 1.82) is 0 Å². The van der Waals surface area contributed by atoms with Crippen LogP contribution in [-0.2, 0) is 16.6 Å². The molecule has 0 radical (unpaired) electrons. The van der Waals surface area contributed by atoms with E-state index < -0.39 is 10.0 Å². The molecule has 0 aromatic heterocycles. The van der Waals surface area contributed by atoms with E-state index in [9.17, 15) is 8.42 Å². The van der Waals surface area contributed by atoms with Gasteiger partial charge >= 0.3 is 0 Å². The normalized spacial score (nSPS) is 17.3. The molecule has 1 saturated heterocycles. The maximum Gasteiger partial charge on any atom is 0.211 e. The van der Waals surface area contributed by atoms with Crippen molar-refractivity contribution in [3.8, 4) is 0 Å². The van der Waals surface area contributed by atoms with Gasteiger partial charge in [0.15, 0.2) is 0 Å². The molecule has 0 saturated carbocycles. The van der Waals surface area contributed by atoms with Gasteiger partial charge in [0.2, 0.25) is 10.0 Å². The van der Waals surface area contributed by atoms with Crippen LogP contribution in [0.3, 0.4) is 0 Å². The summed E-state index contributed by atoms with van der Waals surface area (Å²) in [4.78, 5) is 4.91. The smallest absolute Gasteiger partial charge is 0.211 e. The highest BCUT2D eigenvalue weighted by Crippen LogP contribution is 2.24. The zero-order chi connectivity index (χ0) is 19.4. The minimum atomic E-state index is -3.17. The Morgan fingerprint density at radius 1 is 1.00 bits per heavy atom. The van der Waals surface area contributed by atoms with Crippen molar-refractivity contribution in [3.63, 3.8) is 0 Å². The summed E-state index contributed by atoms with van der Waals surface area (Å²) >= 11 is 0. The highest BCUT2D eigenvalue weighted by Gasteiger charge is 2.22. The molecule has 3 rings (SSSR count). The Bertz CT molecular complexity index is 847. The molecule has 1 aliphatic heterocycles. The molecule has 2 aromatic carbocycles. The summed E-state index contributed by atoms with van der Waals surface area (Å²) in [7, 11) is -1.55.